The minimum atomic E-state index is -0.295. The first-order chi connectivity index (χ1) is 15.9. The monoisotopic (exact) mass is 447 g/mol. The number of carbonyl (C=O) groups excluding carboxylic acids is 3. The summed E-state index contributed by atoms with van der Waals surface area (Å²) in [6.45, 7) is 6.79. The normalized spacial score (nSPS) is 15.6. The maximum Gasteiger partial charge on any atom is 0.278 e. The Bertz CT molecular complexity index is 1100. The molecule has 0 fully saturated rings. The van der Waals surface area contributed by atoms with Crippen LogP contribution < -0.4 is 10.2 Å². The van der Waals surface area contributed by atoms with Gasteiger partial charge in [0.15, 0.2) is 0 Å². The van der Waals surface area contributed by atoms with E-state index in [2.05, 4.69) is 11.4 Å². The van der Waals surface area contributed by atoms with Crippen molar-refractivity contribution in [2.45, 2.75) is 39.7 Å². The number of hydrogen-bond donors (Lipinski definition) is 1. The molecule has 33 heavy (non-hydrogen) atoms. The van der Waals surface area contributed by atoms with Gasteiger partial charge in [0.25, 0.3) is 11.8 Å². The molecule has 1 N–H and O–H groups in total. The lowest BCUT2D eigenvalue weighted by molar-refractivity contribution is -0.137. The van der Waals surface area contributed by atoms with Gasteiger partial charge in [-0.2, -0.15) is 0 Å². The number of nitrogens with zero attached hydrogens (tertiary/aromatic N) is 2. The Hall–Kier alpha value is -3.45. The highest BCUT2D eigenvalue weighted by molar-refractivity contribution is 6.36. The molecule has 2 aromatic carbocycles. The average molecular weight is 448 g/mol. The summed E-state index contributed by atoms with van der Waals surface area (Å²) >= 11 is 0. The van der Waals surface area contributed by atoms with Gasteiger partial charge < -0.3 is 15.0 Å². The molecule has 4 rings (SSSR count). The number of para-hydroxylation sites is 1. The predicted molar refractivity (Wildman–Crippen MR) is 128 cm³/mol. The number of hydrogen-bond acceptors (Lipinski definition) is 5. The fourth-order valence-electron chi connectivity index (χ4n) is 4.31. The number of rotatable bonds is 8. The van der Waals surface area contributed by atoms with Crippen molar-refractivity contribution < 1.29 is 19.1 Å². The van der Waals surface area contributed by atoms with Gasteiger partial charge in [0.05, 0.1) is 11.7 Å². The molecule has 0 saturated heterocycles. The SMILES string of the molecule is CC(=O)Nc1ccc(C2=C(N3CCc4ccccc43)C(=O)N(CCCOC(C)C)C2=O)cc1. The van der Waals surface area contributed by atoms with E-state index in [1.54, 1.807) is 24.3 Å². The van der Waals surface area contributed by atoms with Crippen molar-refractivity contribution in [1.82, 2.24) is 4.90 Å². The zero-order chi connectivity index (χ0) is 23.5. The Labute approximate surface area is 194 Å². The molecule has 2 aliphatic heterocycles. The zero-order valence-electron chi connectivity index (χ0n) is 19.3. The third-order valence-corrected chi connectivity index (χ3v) is 5.77. The van der Waals surface area contributed by atoms with Crippen LogP contribution in [0, 0.1) is 0 Å². The number of ether oxygens (including phenoxy) is 1. The van der Waals surface area contributed by atoms with Crippen molar-refractivity contribution >= 4 is 34.7 Å². The van der Waals surface area contributed by atoms with Crippen LogP contribution in [0.5, 0.6) is 0 Å². The highest BCUT2D eigenvalue weighted by atomic mass is 16.5. The Kier molecular flexibility index (Phi) is 6.60. The van der Waals surface area contributed by atoms with E-state index in [0.29, 0.717) is 48.6 Å². The van der Waals surface area contributed by atoms with Gasteiger partial charge in [-0.1, -0.05) is 30.3 Å². The second kappa shape index (κ2) is 9.58. The van der Waals surface area contributed by atoms with Crippen molar-refractivity contribution in [1.29, 1.82) is 0 Å². The summed E-state index contributed by atoms with van der Waals surface area (Å²) in [5.41, 5.74) is 4.24. The van der Waals surface area contributed by atoms with E-state index in [1.165, 1.54) is 11.8 Å². The molecule has 0 spiro atoms. The smallest absolute Gasteiger partial charge is 0.278 e. The van der Waals surface area contributed by atoms with E-state index in [4.69, 9.17) is 4.74 Å². The summed E-state index contributed by atoms with van der Waals surface area (Å²) in [6, 6.07) is 15.0. The maximum absolute atomic E-state index is 13.5. The lowest BCUT2D eigenvalue weighted by atomic mass is 10.0. The van der Waals surface area contributed by atoms with Crippen molar-refractivity contribution in [3.8, 4) is 0 Å². The van der Waals surface area contributed by atoms with Gasteiger partial charge in [-0.25, -0.2) is 0 Å². The predicted octanol–water partition coefficient (Wildman–Crippen LogP) is 3.60. The number of benzene rings is 2. The number of fused-ring (bicyclic) bond motifs is 1. The Morgan fingerprint density at radius 2 is 1.79 bits per heavy atom. The van der Waals surface area contributed by atoms with Crippen LogP contribution in [-0.2, 0) is 25.5 Å². The van der Waals surface area contributed by atoms with Crippen LogP contribution >= 0.6 is 0 Å². The molecule has 2 heterocycles. The van der Waals surface area contributed by atoms with Crippen LogP contribution in [0.4, 0.5) is 11.4 Å². The van der Waals surface area contributed by atoms with Crippen LogP contribution in [0.1, 0.15) is 38.3 Å². The van der Waals surface area contributed by atoms with Gasteiger partial charge in [0.2, 0.25) is 5.91 Å². The summed E-state index contributed by atoms with van der Waals surface area (Å²) < 4.78 is 5.59. The molecular weight excluding hydrogens is 418 g/mol. The van der Waals surface area contributed by atoms with Crippen LogP contribution in [-0.4, -0.2) is 48.4 Å². The second-order valence-corrected chi connectivity index (χ2v) is 8.55. The van der Waals surface area contributed by atoms with E-state index in [1.807, 2.05) is 36.9 Å². The lowest BCUT2D eigenvalue weighted by Gasteiger charge is -2.22. The van der Waals surface area contributed by atoms with Crippen LogP contribution in [0.15, 0.2) is 54.2 Å². The number of amides is 3. The summed E-state index contributed by atoms with van der Waals surface area (Å²) in [7, 11) is 0. The molecule has 3 amide bonds. The van der Waals surface area contributed by atoms with Crippen LogP contribution in [0.2, 0.25) is 0 Å². The molecule has 0 radical (unpaired) electrons. The lowest BCUT2D eigenvalue weighted by Crippen LogP contribution is -2.36. The zero-order valence-corrected chi connectivity index (χ0v) is 19.3. The molecule has 7 nitrogen and oxygen atoms in total. The molecule has 172 valence electrons. The molecule has 7 heteroatoms. The van der Waals surface area contributed by atoms with Crippen molar-refractivity contribution in [2.24, 2.45) is 0 Å². The highest BCUT2D eigenvalue weighted by Gasteiger charge is 2.42. The Balaban J connectivity index is 1.69. The molecule has 0 aromatic heterocycles. The molecular formula is C26H29N3O4. The standard InChI is InChI=1S/C26H29N3O4/c1-17(2)33-16-6-14-29-25(31)23(20-9-11-21(12-10-20)27-18(3)30)24(26(29)32)28-15-13-19-7-4-5-8-22(19)28/h4-5,7-12,17H,6,13-16H2,1-3H3,(H,27,30). The maximum atomic E-state index is 13.5. The molecule has 0 aliphatic carbocycles. The fourth-order valence-corrected chi connectivity index (χ4v) is 4.31. The number of imide groups is 1. The quantitative estimate of drug-likeness (QED) is 0.494. The topological polar surface area (TPSA) is 79.0 Å². The highest BCUT2D eigenvalue weighted by Crippen LogP contribution is 2.38. The Morgan fingerprint density at radius 3 is 2.48 bits per heavy atom. The van der Waals surface area contributed by atoms with E-state index in [-0.39, 0.29) is 23.8 Å². The fraction of sp³-hybridized carbons (Fsp3) is 0.346. The largest absolute Gasteiger partial charge is 0.379 e. The summed E-state index contributed by atoms with van der Waals surface area (Å²) in [5, 5.41) is 2.73. The Morgan fingerprint density at radius 1 is 1.06 bits per heavy atom. The first-order valence-electron chi connectivity index (χ1n) is 11.3. The third kappa shape index (κ3) is 4.68. The van der Waals surface area contributed by atoms with E-state index < -0.39 is 0 Å². The number of carbonyl (C=O) groups is 3. The number of anilines is 2. The second-order valence-electron chi connectivity index (χ2n) is 8.55. The van der Waals surface area contributed by atoms with E-state index >= 15 is 0 Å². The molecule has 2 aromatic rings. The number of nitrogens with one attached hydrogen (secondary N) is 1. The summed E-state index contributed by atoms with van der Waals surface area (Å²) in [4.78, 5) is 41.7. The molecule has 0 saturated carbocycles. The van der Waals surface area contributed by atoms with Crippen LogP contribution in [0.3, 0.4) is 0 Å². The minimum Gasteiger partial charge on any atom is -0.379 e. The van der Waals surface area contributed by atoms with E-state index in [9.17, 15) is 14.4 Å². The van der Waals surface area contributed by atoms with Crippen molar-refractivity contribution in [3.05, 3.63) is 65.4 Å². The van der Waals surface area contributed by atoms with Crippen molar-refractivity contribution in [2.75, 3.05) is 29.9 Å². The molecule has 0 bridgehead atoms. The van der Waals surface area contributed by atoms with Gasteiger partial charge in [-0.3, -0.25) is 19.3 Å². The van der Waals surface area contributed by atoms with Gasteiger partial charge in [-0.15, -0.1) is 0 Å². The van der Waals surface area contributed by atoms with Gasteiger partial charge in [-0.05, 0) is 56.0 Å². The third-order valence-electron chi connectivity index (χ3n) is 5.77. The summed E-state index contributed by atoms with van der Waals surface area (Å²) in [6.07, 6.45) is 1.49. The molecule has 0 atom stereocenters. The van der Waals surface area contributed by atoms with Gasteiger partial charge >= 0.3 is 0 Å². The van der Waals surface area contributed by atoms with E-state index in [0.717, 1.165) is 17.7 Å². The first-order valence-corrected chi connectivity index (χ1v) is 11.3. The minimum absolute atomic E-state index is 0.0995. The molecule has 2 aliphatic rings. The molecule has 0 unspecified atom stereocenters. The van der Waals surface area contributed by atoms with Crippen molar-refractivity contribution in [3.63, 3.8) is 0 Å². The van der Waals surface area contributed by atoms with Gasteiger partial charge in [0.1, 0.15) is 5.70 Å². The van der Waals surface area contributed by atoms with Crippen LogP contribution in [0.25, 0.3) is 5.57 Å². The average Bonchev–Trinajstić information content (AvgIpc) is 3.30. The first kappa shape index (κ1) is 22.7. The van der Waals surface area contributed by atoms with Gasteiger partial charge in [0, 0.05) is 38.0 Å². The summed E-state index contributed by atoms with van der Waals surface area (Å²) in [5.74, 6) is -0.739.